The van der Waals surface area contributed by atoms with E-state index in [4.69, 9.17) is 4.74 Å². The lowest BCUT2D eigenvalue weighted by molar-refractivity contribution is 0.0562. The van der Waals surface area contributed by atoms with Gasteiger partial charge in [0.15, 0.2) is 0 Å². The number of nitrogens with one attached hydrogen (secondary N) is 1. The summed E-state index contributed by atoms with van der Waals surface area (Å²) in [6.45, 7) is 3.04. The number of benzene rings is 2. The second-order valence-electron chi connectivity index (χ2n) is 10.4. The molecule has 0 bridgehead atoms. The lowest BCUT2D eigenvalue weighted by Gasteiger charge is -2.41. The van der Waals surface area contributed by atoms with Crippen LogP contribution in [0.3, 0.4) is 0 Å². The average molecular weight is 509 g/mol. The first-order chi connectivity index (χ1) is 17.8. The van der Waals surface area contributed by atoms with Gasteiger partial charge in [0, 0.05) is 42.0 Å². The quantitative estimate of drug-likeness (QED) is 0.383. The molecule has 1 amide bonds. The first-order valence-electron chi connectivity index (χ1n) is 12.7. The van der Waals surface area contributed by atoms with E-state index < -0.39 is 5.54 Å². The van der Waals surface area contributed by atoms with Crippen molar-refractivity contribution in [1.82, 2.24) is 25.0 Å². The standard InChI is InChI=1S/C29H30N5O2Si/c1-18-6-7-21(36-28(37)26-8-12-33(26)2)15-23(18)27(35)32-29(9-10-29)24-13-19(20-16-31-34(3)17-20)14-25-22(24)5-4-11-30-25/h4-7,11,13-17,26,28H,8-10,12H2,1-3H3,(H,32,35)/t26-,28?/m0/s1. The lowest BCUT2D eigenvalue weighted by atomic mass is 9.94. The van der Waals surface area contributed by atoms with E-state index in [1.54, 1.807) is 4.68 Å². The van der Waals surface area contributed by atoms with Crippen LogP contribution < -0.4 is 10.1 Å². The number of likely N-dealkylation sites (N-methyl/N-ethyl adjacent to an activating group) is 1. The Kier molecular flexibility index (Phi) is 5.88. The fraction of sp³-hybridized carbons (Fsp3) is 0.345. The van der Waals surface area contributed by atoms with E-state index in [1.165, 1.54) is 0 Å². The van der Waals surface area contributed by atoms with Crippen molar-refractivity contribution in [1.29, 1.82) is 0 Å². The number of fused-ring (bicyclic) bond motifs is 1. The van der Waals surface area contributed by atoms with E-state index in [0.29, 0.717) is 17.4 Å². The Morgan fingerprint density at radius 2 is 2.03 bits per heavy atom. The SMILES string of the molecule is Cc1ccc(OC([Si])[C@@H]2CCN2C)cc1C(=O)NC1(c2cc(-c3cnn(C)c3)cc3ncccc23)CC1. The number of hydrogen-bond donors (Lipinski definition) is 1. The molecule has 0 spiro atoms. The molecule has 1 aliphatic carbocycles. The molecule has 1 N–H and O–H groups in total. The summed E-state index contributed by atoms with van der Waals surface area (Å²) in [5, 5.41) is 8.79. The normalized spacial score (nSPS) is 19.3. The highest BCUT2D eigenvalue weighted by molar-refractivity contribution is 6.11. The highest BCUT2D eigenvalue weighted by atomic mass is 28.1. The van der Waals surface area contributed by atoms with Crippen molar-refractivity contribution in [2.75, 3.05) is 13.6 Å². The number of carbonyl (C=O) groups is 1. The van der Waals surface area contributed by atoms with E-state index in [9.17, 15) is 4.79 Å². The molecule has 37 heavy (non-hydrogen) atoms. The Morgan fingerprint density at radius 1 is 1.19 bits per heavy atom. The number of rotatable bonds is 7. The predicted molar refractivity (Wildman–Crippen MR) is 145 cm³/mol. The van der Waals surface area contributed by atoms with Crippen LogP contribution in [0.1, 0.15) is 40.7 Å². The average Bonchev–Trinajstić information content (AvgIpc) is 3.52. The molecule has 4 aromatic rings. The van der Waals surface area contributed by atoms with E-state index in [1.807, 2.05) is 56.8 Å². The van der Waals surface area contributed by atoms with Gasteiger partial charge in [-0.25, -0.2) is 0 Å². The maximum Gasteiger partial charge on any atom is 0.252 e. The van der Waals surface area contributed by atoms with Gasteiger partial charge in [-0.15, -0.1) is 0 Å². The molecular formula is C29H30N5O2Si. The molecule has 1 saturated heterocycles. The summed E-state index contributed by atoms with van der Waals surface area (Å²) >= 11 is 0. The van der Waals surface area contributed by atoms with Gasteiger partial charge >= 0.3 is 0 Å². The fourth-order valence-electron chi connectivity index (χ4n) is 5.25. The molecule has 2 fully saturated rings. The van der Waals surface area contributed by atoms with Crippen LogP contribution in [-0.4, -0.2) is 61.2 Å². The maximum atomic E-state index is 13.7. The Labute approximate surface area is 220 Å². The maximum absolute atomic E-state index is 13.7. The summed E-state index contributed by atoms with van der Waals surface area (Å²) in [4.78, 5) is 20.6. The van der Waals surface area contributed by atoms with Crippen LogP contribution in [0.5, 0.6) is 5.75 Å². The van der Waals surface area contributed by atoms with Crippen molar-refractivity contribution in [3.63, 3.8) is 0 Å². The Morgan fingerprint density at radius 3 is 2.70 bits per heavy atom. The molecule has 187 valence electrons. The van der Waals surface area contributed by atoms with Crippen molar-refractivity contribution in [2.45, 2.75) is 43.5 Å². The fourth-order valence-corrected chi connectivity index (χ4v) is 5.81. The zero-order valence-electron chi connectivity index (χ0n) is 21.4. The highest BCUT2D eigenvalue weighted by Crippen LogP contribution is 2.49. The third kappa shape index (κ3) is 4.44. The van der Waals surface area contributed by atoms with Crippen LogP contribution in [0, 0.1) is 6.92 Å². The van der Waals surface area contributed by atoms with Crippen molar-refractivity contribution in [3.8, 4) is 16.9 Å². The van der Waals surface area contributed by atoms with Gasteiger partial charge in [0.25, 0.3) is 5.91 Å². The van der Waals surface area contributed by atoms with Gasteiger partial charge in [-0.2, -0.15) is 5.10 Å². The Balaban J connectivity index is 1.30. The van der Waals surface area contributed by atoms with Gasteiger partial charge in [-0.3, -0.25) is 14.5 Å². The molecule has 3 radical (unpaired) electrons. The minimum atomic E-state index is -0.424. The highest BCUT2D eigenvalue weighted by Gasteiger charge is 2.47. The van der Waals surface area contributed by atoms with Crippen LogP contribution in [0.15, 0.2) is 61.1 Å². The topological polar surface area (TPSA) is 72.3 Å². The zero-order chi connectivity index (χ0) is 25.7. The number of aromatic nitrogens is 3. The van der Waals surface area contributed by atoms with E-state index in [0.717, 1.165) is 59.0 Å². The zero-order valence-corrected chi connectivity index (χ0v) is 22.4. The first kappa shape index (κ1) is 23.9. The summed E-state index contributed by atoms with van der Waals surface area (Å²) in [5.41, 5.74) is 5.09. The molecule has 1 aliphatic heterocycles. The number of ether oxygens (including phenoxy) is 1. The van der Waals surface area contributed by atoms with Gasteiger partial charge in [0.2, 0.25) is 0 Å². The number of amides is 1. The molecule has 1 unspecified atom stereocenters. The summed E-state index contributed by atoms with van der Waals surface area (Å²) in [6.07, 6.45) is 8.52. The first-order valence-corrected chi connectivity index (χ1v) is 13.3. The minimum absolute atomic E-state index is 0.0875. The molecule has 1 saturated carbocycles. The second kappa shape index (κ2) is 9.11. The Bertz CT molecular complexity index is 1490. The van der Waals surface area contributed by atoms with E-state index >= 15 is 0 Å². The third-order valence-electron chi connectivity index (χ3n) is 7.79. The molecule has 3 heterocycles. The smallest absolute Gasteiger partial charge is 0.252 e. The van der Waals surface area contributed by atoms with Crippen molar-refractivity contribution in [2.24, 2.45) is 7.05 Å². The largest absolute Gasteiger partial charge is 0.493 e. The second-order valence-corrected chi connectivity index (χ2v) is 11.0. The van der Waals surface area contributed by atoms with Crippen LogP contribution in [0.4, 0.5) is 0 Å². The van der Waals surface area contributed by atoms with E-state index in [-0.39, 0.29) is 11.6 Å². The number of aryl methyl sites for hydroxylation is 2. The third-order valence-corrected chi connectivity index (χ3v) is 8.29. The number of pyridine rings is 1. The monoisotopic (exact) mass is 508 g/mol. The number of carbonyl (C=O) groups excluding carboxylic acids is 1. The summed E-state index contributed by atoms with van der Waals surface area (Å²) in [5.74, 6) is 0.602. The van der Waals surface area contributed by atoms with Gasteiger partial charge in [-0.05, 0) is 86.8 Å². The van der Waals surface area contributed by atoms with E-state index in [2.05, 4.69) is 55.8 Å². The molecule has 2 aromatic carbocycles. The van der Waals surface area contributed by atoms with Gasteiger partial charge in [0.05, 0.1) is 33.2 Å². The molecule has 2 aromatic heterocycles. The molecule has 2 atom stereocenters. The summed E-state index contributed by atoms with van der Waals surface area (Å²) in [7, 11) is 7.74. The van der Waals surface area contributed by atoms with Gasteiger partial charge in [-0.1, -0.05) is 12.1 Å². The summed E-state index contributed by atoms with van der Waals surface area (Å²) < 4.78 is 7.96. The predicted octanol–water partition coefficient (Wildman–Crippen LogP) is 3.94. The number of likely N-dealkylation sites (tertiary alicyclic amines) is 1. The van der Waals surface area contributed by atoms with Gasteiger partial charge < -0.3 is 15.0 Å². The Hall–Kier alpha value is -3.49. The molecular weight excluding hydrogens is 478 g/mol. The van der Waals surface area contributed by atoms with Crippen LogP contribution in [0.2, 0.25) is 0 Å². The van der Waals surface area contributed by atoms with Crippen LogP contribution >= 0.6 is 0 Å². The van der Waals surface area contributed by atoms with Crippen molar-refractivity contribution >= 4 is 27.1 Å². The minimum Gasteiger partial charge on any atom is -0.493 e. The lowest BCUT2D eigenvalue weighted by Crippen LogP contribution is -2.53. The number of nitrogens with zero attached hydrogens (tertiary/aromatic N) is 4. The van der Waals surface area contributed by atoms with Crippen LogP contribution in [0.25, 0.3) is 22.0 Å². The molecule has 8 heteroatoms. The molecule has 2 aliphatic rings. The van der Waals surface area contributed by atoms with Gasteiger partial charge in [0.1, 0.15) is 5.75 Å². The van der Waals surface area contributed by atoms with Crippen molar-refractivity contribution < 1.29 is 9.53 Å². The molecule has 7 nitrogen and oxygen atoms in total. The van der Waals surface area contributed by atoms with Crippen LogP contribution in [-0.2, 0) is 12.6 Å². The summed E-state index contributed by atoms with van der Waals surface area (Å²) in [6, 6.07) is 14.4. The van der Waals surface area contributed by atoms with Crippen molar-refractivity contribution in [3.05, 3.63) is 77.7 Å². The molecule has 6 rings (SSSR count). The number of hydrogen-bond acceptors (Lipinski definition) is 5.